The fraction of sp³-hybridized carbons (Fsp3) is 0. The second-order valence-corrected chi connectivity index (χ2v) is 11.4. The van der Waals surface area contributed by atoms with Crippen LogP contribution in [0, 0.1) is 0 Å². The molecular formula is C31H17N6OS+3. The van der Waals surface area contributed by atoms with Crippen LogP contribution in [0.1, 0.15) is 0 Å². The summed E-state index contributed by atoms with van der Waals surface area (Å²) in [7, 11) is 0. The molecule has 0 saturated carbocycles. The van der Waals surface area contributed by atoms with E-state index in [0.717, 1.165) is 45.6 Å². The summed E-state index contributed by atoms with van der Waals surface area (Å²) < 4.78 is 13.8. The van der Waals surface area contributed by atoms with Gasteiger partial charge in [-0.25, -0.2) is 0 Å². The molecule has 0 fully saturated rings. The lowest BCUT2D eigenvalue weighted by Gasteiger charge is -2.31. The summed E-state index contributed by atoms with van der Waals surface area (Å²) in [5.74, 6) is 1.62. The van der Waals surface area contributed by atoms with Crippen LogP contribution in [0.5, 0.6) is 11.6 Å². The Bertz CT molecular complexity index is 2300. The van der Waals surface area contributed by atoms with E-state index >= 15 is 0 Å². The predicted octanol–water partition coefficient (Wildman–Crippen LogP) is 5.78. The van der Waals surface area contributed by atoms with Crippen LogP contribution in [0.2, 0.25) is 0 Å². The third kappa shape index (κ3) is 1.89. The van der Waals surface area contributed by atoms with Gasteiger partial charge in [-0.05, 0) is 42.5 Å². The van der Waals surface area contributed by atoms with Crippen molar-refractivity contribution in [2.24, 2.45) is 0 Å². The minimum absolute atomic E-state index is 0.218. The van der Waals surface area contributed by atoms with Gasteiger partial charge in [-0.3, -0.25) is 0 Å². The van der Waals surface area contributed by atoms with Gasteiger partial charge in [0.2, 0.25) is 21.9 Å². The number of hydrogen-bond acceptors (Lipinski definition) is 3. The van der Waals surface area contributed by atoms with Crippen molar-refractivity contribution in [3.05, 3.63) is 103 Å². The van der Waals surface area contributed by atoms with E-state index < -0.39 is 0 Å². The van der Waals surface area contributed by atoms with E-state index in [1.165, 1.54) is 31.8 Å². The van der Waals surface area contributed by atoms with Gasteiger partial charge in [0, 0.05) is 32.5 Å². The molecule has 0 amide bonds. The van der Waals surface area contributed by atoms with Crippen LogP contribution in [0.4, 0.5) is 5.69 Å². The van der Waals surface area contributed by atoms with Gasteiger partial charge in [0.05, 0.1) is 26.9 Å². The Kier molecular flexibility index (Phi) is 2.97. The van der Waals surface area contributed by atoms with Gasteiger partial charge in [-0.2, -0.15) is 4.57 Å². The van der Waals surface area contributed by atoms with E-state index in [1.54, 1.807) is 0 Å². The van der Waals surface area contributed by atoms with Crippen molar-refractivity contribution >= 4 is 39.4 Å². The highest BCUT2D eigenvalue weighted by Gasteiger charge is 2.71. The molecule has 1 atom stereocenters. The summed E-state index contributed by atoms with van der Waals surface area (Å²) in [6.45, 7) is 0. The molecule has 8 heteroatoms. The lowest BCUT2D eigenvalue weighted by Crippen LogP contribution is -2.88. The van der Waals surface area contributed by atoms with Gasteiger partial charge in [-0.15, -0.1) is 5.10 Å². The molecule has 4 aromatic heterocycles. The molecule has 4 aliphatic heterocycles. The number of nitrogens with zero attached hydrogens (tertiary/aromatic N) is 6. The molecule has 7 aromatic rings. The highest BCUT2D eigenvalue weighted by Crippen LogP contribution is 2.56. The van der Waals surface area contributed by atoms with Crippen molar-refractivity contribution in [2.45, 2.75) is 9.79 Å². The zero-order chi connectivity index (χ0) is 25.0. The average Bonchev–Trinajstić information content (AvgIpc) is 3.65. The first-order valence-corrected chi connectivity index (χ1v) is 13.8. The highest BCUT2D eigenvalue weighted by molar-refractivity contribution is 7.99. The minimum Gasteiger partial charge on any atom is -0.394 e. The van der Waals surface area contributed by atoms with Gasteiger partial charge in [0.25, 0.3) is 0 Å². The number of pyridine rings is 2. The van der Waals surface area contributed by atoms with Crippen LogP contribution < -0.4 is 18.9 Å². The van der Waals surface area contributed by atoms with Gasteiger partial charge in [0.1, 0.15) is 4.68 Å². The molecule has 180 valence electrons. The van der Waals surface area contributed by atoms with E-state index in [0.29, 0.717) is 0 Å². The number of hydrogen-bond donors (Lipinski definition) is 0. The van der Waals surface area contributed by atoms with Gasteiger partial charge >= 0.3 is 22.9 Å². The van der Waals surface area contributed by atoms with Crippen LogP contribution in [0.25, 0.3) is 50.3 Å². The van der Waals surface area contributed by atoms with Crippen LogP contribution in [0.3, 0.4) is 0 Å². The quantitative estimate of drug-likeness (QED) is 0.203. The summed E-state index contributed by atoms with van der Waals surface area (Å²) >= 11 is 1.84. The fourth-order valence-electron chi connectivity index (χ4n) is 7.09. The molecule has 0 saturated heterocycles. The molecule has 1 unspecified atom stereocenters. The third-order valence-corrected chi connectivity index (χ3v) is 9.60. The van der Waals surface area contributed by atoms with Crippen molar-refractivity contribution in [1.29, 1.82) is 0 Å². The molecule has 39 heavy (non-hydrogen) atoms. The van der Waals surface area contributed by atoms with E-state index in [1.807, 2.05) is 23.9 Å². The summed E-state index contributed by atoms with van der Waals surface area (Å²) in [5, 5.41) is 7.84. The Hall–Kier alpha value is -4.92. The van der Waals surface area contributed by atoms with Crippen molar-refractivity contribution < 1.29 is 14.1 Å². The van der Waals surface area contributed by atoms with Crippen LogP contribution in [0.15, 0.2) is 113 Å². The van der Waals surface area contributed by atoms with Gasteiger partial charge in [-0.1, -0.05) is 48.2 Å². The summed E-state index contributed by atoms with van der Waals surface area (Å²) in [5.41, 5.74) is 8.77. The van der Waals surface area contributed by atoms with Crippen molar-refractivity contribution in [1.82, 2.24) is 19.3 Å². The first-order chi connectivity index (χ1) is 19.3. The maximum atomic E-state index is 6.67. The van der Waals surface area contributed by atoms with Gasteiger partial charge < -0.3 is 4.74 Å². The van der Waals surface area contributed by atoms with Crippen LogP contribution in [-0.2, 0) is 0 Å². The van der Waals surface area contributed by atoms with Crippen molar-refractivity contribution in [2.75, 3.05) is 0 Å². The SMILES string of the molecule is c1ccc(-c2cc3n(n2)[N+]24c5c(ccc6c5-n5c7c(cccc7c7ccc[n+]2c75)S6)Oc2cccc-3[n+]24)cc1. The van der Waals surface area contributed by atoms with Crippen molar-refractivity contribution in [3.63, 3.8) is 0 Å². The van der Waals surface area contributed by atoms with Crippen LogP contribution >= 0.6 is 11.8 Å². The Morgan fingerprint density at radius 3 is 2.67 bits per heavy atom. The largest absolute Gasteiger partial charge is 0.438 e. The lowest BCUT2D eigenvalue weighted by atomic mass is 10.1. The number of benzene rings is 3. The Morgan fingerprint density at radius 1 is 0.821 bits per heavy atom. The molecule has 0 aliphatic carbocycles. The molecule has 8 heterocycles. The molecular weight excluding hydrogens is 504 g/mol. The molecule has 3 aromatic carbocycles. The van der Waals surface area contributed by atoms with E-state index in [4.69, 9.17) is 9.84 Å². The normalized spacial score (nSPS) is 17.9. The highest BCUT2D eigenvalue weighted by atomic mass is 32.2. The maximum absolute atomic E-state index is 6.67. The monoisotopic (exact) mass is 521 g/mol. The first kappa shape index (κ1) is 19.2. The number of para-hydroxylation sites is 1. The van der Waals surface area contributed by atoms with Crippen molar-refractivity contribution in [3.8, 4) is 40.0 Å². The third-order valence-electron chi connectivity index (χ3n) is 8.50. The number of fused-ring (bicyclic) bond motifs is 3. The molecule has 0 radical (unpaired) electrons. The fourth-order valence-corrected chi connectivity index (χ4v) is 8.20. The molecule has 4 aliphatic rings. The number of rotatable bonds is 1. The zero-order valence-corrected chi connectivity index (χ0v) is 21.1. The number of ether oxygens (including phenoxy) is 1. The molecule has 1 spiro atoms. The minimum atomic E-state index is 0.218. The summed E-state index contributed by atoms with van der Waals surface area (Å²) in [6, 6.07) is 34.3. The number of quaternary nitrogens is 1. The summed E-state index contributed by atoms with van der Waals surface area (Å²) in [6.07, 6.45) is 2.18. The first-order valence-electron chi connectivity index (χ1n) is 13.0. The second kappa shape index (κ2) is 6.04. The zero-order valence-electron chi connectivity index (χ0n) is 20.3. The molecule has 11 rings (SSSR count). The molecule has 0 N–H and O–H groups in total. The standard InChI is InChI=1S/C31H17N6OS/c1-2-7-18(8-3-1)21-17-23-22-11-5-13-27-35(22)37(36(23)32-21)30-24(38-27)14-15-26-29(30)34-28-19(9-4-12-25(28)39-26)20-10-6-16-33(37)31(20)34/h1-17H/q+3. The van der Waals surface area contributed by atoms with Gasteiger partial charge in [0.15, 0.2) is 11.7 Å². The summed E-state index contributed by atoms with van der Waals surface area (Å²) in [4.78, 5) is 4.88. The Balaban J connectivity index is 1.42. The maximum Gasteiger partial charge on any atom is 0.438 e. The topological polar surface area (TPSA) is 39.7 Å². The average molecular weight is 522 g/mol. The van der Waals surface area contributed by atoms with E-state index in [-0.39, 0.29) is 4.81 Å². The smallest absolute Gasteiger partial charge is 0.394 e. The van der Waals surface area contributed by atoms with E-state index in [9.17, 15) is 0 Å². The number of aromatic nitrogens is 5. The molecule has 7 nitrogen and oxygen atoms in total. The predicted molar refractivity (Wildman–Crippen MR) is 146 cm³/mol. The second-order valence-electron chi connectivity index (χ2n) is 10.3. The van der Waals surface area contributed by atoms with Crippen LogP contribution in [-0.4, -0.2) is 14.5 Å². The molecule has 0 bridgehead atoms. The van der Waals surface area contributed by atoms with E-state index in [2.05, 4.69) is 110 Å². The lowest BCUT2D eigenvalue weighted by molar-refractivity contribution is -1.05. The Morgan fingerprint density at radius 2 is 1.72 bits per heavy atom. The Labute approximate surface area is 225 Å².